The van der Waals surface area contributed by atoms with Gasteiger partial charge in [-0.25, -0.2) is 0 Å². The van der Waals surface area contributed by atoms with Crippen LogP contribution in [0.5, 0.6) is 5.75 Å². The summed E-state index contributed by atoms with van der Waals surface area (Å²) < 4.78 is 11.4. The summed E-state index contributed by atoms with van der Waals surface area (Å²) in [6.07, 6.45) is 2.39. The molecule has 1 aromatic heterocycles. The van der Waals surface area contributed by atoms with Crippen LogP contribution in [0.4, 0.5) is 5.69 Å². The molecule has 3 aromatic carbocycles. The predicted molar refractivity (Wildman–Crippen MR) is 155 cm³/mol. The van der Waals surface area contributed by atoms with Crippen LogP contribution in [0.15, 0.2) is 88.2 Å². The summed E-state index contributed by atoms with van der Waals surface area (Å²) >= 11 is 6.62. The third kappa shape index (κ3) is 6.60. The lowest BCUT2D eigenvalue weighted by molar-refractivity contribution is -0.122. The normalized spacial score (nSPS) is 14.2. The molecule has 1 aliphatic rings. The minimum Gasteiger partial charge on any atom is -0.497 e. The number of amides is 2. The Balaban J connectivity index is 1.12. The molecule has 0 atom stereocenters. The number of ether oxygens (including phenoxy) is 1. The molecule has 2 heterocycles. The molecule has 196 valence electrons. The zero-order valence-electron chi connectivity index (χ0n) is 21.0. The van der Waals surface area contributed by atoms with Crippen molar-refractivity contribution in [3.63, 3.8) is 0 Å². The van der Waals surface area contributed by atoms with E-state index < -0.39 is 0 Å². The van der Waals surface area contributed by atoms with Crippen molar-refractivity contribution in [2.24, 2.45) is 0 Å². The second-order valence-electron chi connectivity index (χ2n) is 8.65. The van der Waals surface area contributed by atoms with Crippen molar-refractivity contribution in [3.05, 3.63) is 101 Å². The highest BCUT2D eigenvalue weighted by Crippen LogP contribution is 2.33. The fourth-order valence-electron chi connectivity index (χ4n) is 3.88. The Bertz CT molecular complexity index is 1520. The van der Waals surface area contributed by atoms with Gasteiger partial charge in [0.05, 0.1) is 18.4 Å². The van der Waals surface area contributed by atoms with Gasteiger partial charge in [0.15, 0.2) is 0 Å². The lowest BCUT2D eigenvalue weighted by Gasteiger charge is -2.14. The number of hydrogen-bond donors (Lipinski definition) is 1. The first kappa shape index (κ1) is 26.3. The number of hydrogen-bond acceptors (Lipinski definition) is 8. The maximum Gasteiger partial charge on any atom is 0.266 e. The first-order chi connectivity index (χ1) is 19.0. The number of anilines is 1. The van der Waals surface area contributed by atoms with Crippen LogP contribution < -0.4 is 10.1 Å². The molecule has 1 aliphatic heterocycles. The minimum atomic E-state index is -0.208. The molecule has 4 aromatic rings. The van der Waals surface area contributed by atoms with Crippen LogP contribution >= 0.6 is 24.0 Å². The quantitative estimate of drug-likeness (QED) is 0.211. The van der Waals surface area contributed by atoms with E-state index in [0.717, 1.165) is 22.4 Å². The second-order valence-corrected chi connectivity index (χ2v) is 10.3. The van der Waals surface area contributed by atoms with Gasteiger partial charge in [0, 0.05) is 24.2 Å². The number of methoxy groups -OCH3 is 1. The maximum atomic E-state index is 12.9. The lowest BCUT2D eigenvalue weighted by Crippen LogP contribution is -2.31. The van der Waals surface area contributed by atoms with Crippen molar-refractivity contribution in [2.75, 3.05) is 19.0 Å². The van der Waals surface area contributed by atoms with E-state index >= 15 is 0 Å². The zero-order valence-corrected chi connectivity index (χ0v) is 22.6. The first-order valence-electron chi connectivity index (χ1n) is 12.1. The van der Waals surface area contributed by atoms with Crippen molar-refractivity contribution in [1.29, 1.82) is 0 Å². The Morgan fingerprint density at radius 1 is 1.05 bits per heavy atom. The van der Waals surface area contributed by atoms with E-state index in [9.17, 15) is 9.59 Å². The molecule has 0 aliphatic carbocycles. The molecule has 2 amide bonds. The summed E-state index contributed by atoms with van der Waals surface area (Å²) in [5, 5.41) is 11.1. The molecule has 5 rings (SSSR count). The van der Waals surface area contributed by atoms with Crippen molar-refractivity contribution >= 4 is 51.9 Å². The highest BCUT2D eigenvalue weighted by Gasteiger charge is 2.32. The van der Waals surface area contributed by atoms with Gasteiger partial charge in [0.25, 0.3) is 5.91 Å². The molecular weight excluding hydrogens is 532 g/mol. The van der Waals surface area contributed by atoms with Crippen molar-refractivity contribution < 1.29 is 18.7 Å². The standard InChI is InChI=1S/C29H24N4O4S2/c1-36-23-13-9-19(10-14-23)17-24-28(35)33(29(38)39-24)16-15-25(34)30-22-11-7-20(8-12-22)18-26-31-32-27(37-26)21-5-3-2-4-6-21/h2-14,17H,15-16,18H2,1H3,(H,30,34)/b24-17-. The minimum absolute atomic E-state index is 0.119. The topological polar surface area (TPSA) is 97.6 Å². The van der Waals surface area contributed by atoms with Gasteiger partial charge in [-0.3, -0.25) is 14.5 Å². The molecular formula is C29H24N4O4S2. The summed E-state index contributed by atoms with van der Waals surface area (Å²) in [5.74, 6) is 1.32. The summed E-state index contributed by atoms with van der Waals surface area (Å²) in [7, 11) is 1.60. The molecule has 39 heavy (non-hydrogen) atoms. The van der Waals surface area contributed by atoms with Crippen LogP contribution in [-0.2, 0) is 16.0 Å². The molecule has 0 saturated carbocycles. The Labute approximate surface area is 235 Å². The van der Waals surface area contributed by atoms with Crippen LogP contribution in [-0.4, -0.2) is 44.9 Å². The van der Waals surface area contributed by atoms with Crippen LogP contribution in [0.2, 0.25) is 0 Å². The smallest absolute Gasteiger partial charge is 0.266 e. The second kappa shape index (κ2) is 12.1. The van der Waals surface area contributed by atoms with Gasteiger partial charge in [-0.15, -0.1) is 10.2 Å². The molecule has 0 bridgehead atoms. The summed E-state index contributed by atoms with van der Waals surface area (Å²) in [6, 6.07) is 24.4. The zero-order chi connectivity index (χ0) is 27.2. The third-order valence-corrected chi connectivity index (χ3v) is 7.31. The monoisotopic (exact) mass is 556 g/mol. The number of rotatable bonds is 9. The molecule has 0 radical (unpaired) electrons. The molecule has 1 N–H and O–H groups in total. The average molecular weight is 557 g/mol. The predicted octanol–water partition coefficient (Wildman–Crippen LogP) is 5.57. The average Bonchev–Trinajstić information content (AvgIpc) is 3.53. The van der Waals surface area contributed by atoms with Gasteiger partial charge in [-0.05, 0) is 53.6 Å². The van der Waals surface area contributed by atoms with Gasteiger partial charge in [-0.1, -0.05) is 66.4 Å². The number of nitrogens with one attached hydrogen (secondary N) is 1. The van der Waals surface area contributed by atoms with Crippen molar-refractivity contribution in [3.8, 4) is 17.2 Å². The Morgan fingerprint density at radius 3 is 2.51 bits per heavy atom. The summed E-state index contributed by atoms with van der Waals surface area (Å²) in [6.45, 7) is 0.204. The van der Waals surface area contributed by atoms with E-state index in [-0.39, 0.29) is 24.8 Å². The van der Waals surface area contributed by atoms with E-state index in [4.69, 9.17) is 21.4 Å². The number of carbonyl (C=O) groups excluding carboxylic acids is 2. The Kier molecular flexibility index (Phi) is 8.14. The van der Waals surface area contributed by atoms with Crippen LogP contribution in [0.3, 0.4) is 0 Å². The largest absolute Gasteiger partial charge is 0.497 e. The molecule has 0 unspecified atom stereocenters. The summed E-state index contributed by atoms with van der Waals surface area (Å²) in [4.78, 5) is 27.4. The van der Waals surface area contributed by atoms with Gasteiger partial charge in [0.1, 0.15) is 10.1 Å². The SMILES string of the molecule is COc1ccc(/C=C2\SC(=S)N(CCC(=O)Nc3ccc(Cc4nnc(-c5ccccc5)o4)cc3)C2=O)cc1. The van der Waals surface area contributed by atoms with E-state index in [1.165, 1.54) is 16.7 Å². The van der Waals surface area contributed by atoms with Crippen LogP contribution in [0, 0.1) is 0 Å². The molecule has 1 fully saturated rings. The Hall–Kier alpha value is -4.28. The number of nitrogens with zero attached hydrogens (tertiary/aromatic N) is 3. The fraction of sp³-hybridized carbons (Fsp3) is 0.138. The highest BCUT2D eigenvalue weighted by atomic mass is 32.2. The van der Waals surface area contributed by atoms with E-state index in [0.29, 0.717) is 33.1 Å². The maximum absolute atomic E-state index is 12.9. The van der Waals surface area contributed by atoms with E-state index in [1.807, 2.05) is 78.9 Å². The van der Waals surface area contributed by atoms with Gasteiger partial charge < -0.3 is 14.5 Å². The first-order valence-corrected chi connectivity index (χ1v) is 13.4. The van der Waals surface area contributed by atoms with Gasteiger partial charge in [0.2, 0.25) is 17.7 Å². The lowest BCUT2D eigenvalue weighted by atomic mass is 10.1. The number of thiocarbonyl (C=S) groups is 1. The number of benzene rings is 3. The van der Waals surface area contributed by atoms with Crippen LogP contribution in [0.1, 0.15) is 23.4 Å². The van der Waals surface area contributed by atoms with Crippen molar-refractivity contribution in [2.45, 2.75) is 12.8 Å². The molecule has 0 spiro atoms. The number of carbonyl (C=O) groups is 2. The number of aromatic nitrogens is 2. The van der Waals surface area contributed by atoms with Gasteiger partial charge in [-0.2, -0.15) is 0 Å². The van der Waals surface area contributed by atoms with E-state index in [2.05, 4.69) is 15.5 Å². The molecule has 10 heteroatoms. The summed E-state index contributed by atoms with van der Waals surface area (Å²) in [5.41, 5.74) is 3.36. The molecule has 8 nitrogen and oxygen atoms in total. The number of thioether (sulfide) groups is 1. The Morgan fingerprint density at radius 2 is 1.79 bits per heavy atom. The fourth-order valence-corrected chi connectivity index (χ4v) is 5.19. The van der Waals surface area contributed by atoms with Gasteiger partial charge >= 0.3 is 0 Å². The van der Waals surface area contributed by atoms with Crippen molar-refractivity contribution in [1.82, 2.24) is 15.1 Å². The van der Waals surface area contributed by atoms with Crippen LogP contribution in [0.25, 0.3) is 17.5 Å². The highest BCUT2D eigenvalue weighted by molar-refractivity contribution is 8.26. The third-order valence-electron chi connectivity index (χ3n) is 5.93. The molecule has 1 saturated heterocycles. The van der Waals surface area contributed by atoms with E-state index in [1.54, 1.807) is 13.2 Å².